The number of amides is 1. The summed E-state index contributed by atoms with van der Waals surface area (Å²) in [4.78, 5) is 13.7. The molecule has 0 radical (unpaired) electrons. The van der Waals surface area contributed by atoms with Gasteiger partial charge in [-0.3, -0.25) is 4.79 Å². The largest absolute Gasteiger partial charge is 0.419 e. The van der Waals surface area contributed by atoms with Crippen molar-refractivity contribution >= 4 is 5.91 Å². The maximum absolute atomic E-state index is 12.2. The molecule has 0 N–H and O–H groups in total. The van der Waals surface area contributed by atoms with E-state index in [0.717, 1.165) is 18.4 Å². The lowest BCUT2D eigenvalue weighted by Crippen LogP contribution is -2.35. The highest BCUT2D eigenvalue weighted by molar-refractivity contribution is 5.80. The fourth-order valence-corrected chi connectivity index (χ4v) is 2.43. The average Bonchev–Trinajstić information content (AvgIpc) is 3.18. The Labute approximate surface area is 129 Å². The first-order chi connectivity index (χ1) is 10.6. The van der Waals surface area contributed by atoms with Gasteiger partial charge in [0.2, 0.25) is 11.8 Å². The van der Waals surface area contributed by atoms with Crippen LogP contribution in [0.5, 0.6) is 0 Å². The number of likely N-dealkylation sites (N-methyl/N-ethyl adjacent to an activating group) is 1. The minimum atomic E-state index is -0.329. The minimum absolute atomic E-state index is 0.0346. The van der Waals surface area contributed by atoms with Gasteiger partial charge in [0.25, 0.3) is 5.91 Å². The van der Waals surface area contributed by atoms with E-state index in [1.165, 1.54) is 5.56 Å². The van der Waals surface area contributed by atoms with Crippen LogP contribution in [-0.4, -0.2) is 40.8 Å². The number of nitrogens with zero attached hydrogens (tertiary/aromatic N) is 3. The zero-order valence-electron chi connectivity index (χ0n) is 12.8. The molecule has 1 atom stereocenters. The van der Waals surface area contributed by atoms with Crippen LogP contribution in [0.1, 0.15) is 24.3 Å². The molecular weight excluding hydrogens is 282 g/mol. The molecular formula is C16H19N3O3. The summed E-state index contributed by atoms with van der Waals surface area (Å²) in [6, 6.07) is 7.86. The van der Waals surface area contributed by atoms with Crippen LogP contribution in [0.25, 0.3) is 11.5 Å². The predicted octanol–water partition coefficient (Wildman–Crippen LogP) is 2.18. The maximum atomic E-state index is 12.2. The molecule has 1 saturated heterocycles. The lowest BCUT2D eigenvalue weighted by Gasteiger charge is -2.18. The third-order valence-electron chi connectivity index (χ3n) is 3.72. The summed E-state index contributed by atoms with van der Waals surface area (Å²) in [6.07, 6.45) is 1.38. The number of carbonyl (C=O) groups is 1. The van der Waals surface area contributed by atoms with E-state index >= 15 is 0 Å². The van der Waals surface area contributed by atoms with E-state index in [9.17, 15) is 4.79 Å². The van der Waals surface area contributed by atoms with Crippen LogP contribution in [0.4, 0.5) is 0 Å². The Hall–Kier alpha value is -2.21. The smallest absolute Gasteiger partial charge is 0.251 e. The topological polar surface area (TPSA) is 68.5 Å². The first-order valence-corrected chi connectivity index (χ1v) is 7.39. The number of ether oxygens (including phenoxy) is 1. The summed E-state index contributed by atoms with van der Waals surface area (Å²) in [6.45, 7) is 2.97. The molecule has 116 valence electrons. The molecule has 0 spiro atoms. The van der Waals surface area contributed by atoms with E-state index in [0.29, 0.717) is 18.4 Å². The summed E-state index contributed by atoms with van der Waals surface area (Å²) >= 11 is 0. The van der Waals surface area contributed by atoms with Gasteiger partial charge in [-0.1, -0.05) is 17.7 Å². The second-order valence-corrected chi connectivity index (χ2v) is 5.56. The third kappa shape index (κ3) is 3.17. The molecule has 0 saturated carbocycles. The molecule has 1 aromatic carbocycles. The van der Waals surface area contributed by atoms with E-state index < -0.39 is 0 Å². The fourth-order valence-electron chi connectivity index (χ4n) is 2.43. The SMILES string of the molecule is Cc1ccc(-c2nnc(CN(C)C(=O)[C@H]3CCCO3)o2)cc1. The molecule has 3 rings (SSSR count). The number of aryl methyl sites for hydroxylation is 1. The van der Waals surface area contributed by atoms with Crippen molar-refractivity contribution in [1.29, 1.82) is 0 Å². The number of hydrogen-bond donors (Lipinski definition) is 0. The van der Waals surface area contributed by atoms with Crippen LogP contribution in [0.3, 0.4) is 0 Å². The number of hydrogen-bond acceptors (Lipinski definition) is 5. The Morgan fingerprint density at radius 1 is 1.32 bits per heavy atom. The highest BCUT2D eigenvalue weighted by Gasteiger charge is 2.27. The van der Waals surface area contributed by atoms with Gasteiger partial charge in [0.1, 0.15) is 6.10 Å². The highest BCUT2D eigenvalue weighted by Crippen LogP contribution is 2.19. The number of rotatable bonds is 4. The molecule has 0 bridgehead atoms. The molecule has 1 aliphatic heterocycles. The van der Waals surface area contributed by atoms with Crippen molar-refractivity contribution < 1.29 is 13.9 Å². The molecule has 2 heterocycles. The highest BCUT2D eigenvalue weighted by atomic mass is 16.5. The van der Waals surface area contributed by atoms with E-state index in [-0.39, 0.29) is 18.6 Å². The molecule has 1 amide bonds. The fraction of sp³-hybridized carbons (Fsp3) is 0.438. The molecule has 0 aliphatic carbocycles. The van der Waals surface area contributed by atoms with Gasteiger partial charge in [-0.25, -0.2) is 0 Å². The average molecular weight is 301 g/mol. The summed E-state index contributed by atoms with van der Waals surface area (Å²) in [5, 5.41) is 8.05. The van der Waals surface area contributed by atoms with E-state index in [1.807, 2.05) is 31.2 Å². The van der Waals surface area contributed by atoms with Gasteiger partial charge in [-0.05, 0) is 31.9 Å². The van der Waals surface area contributed by atoms with Gasteiger partial charge in [0.15, 0.2) is 0 Å². The first-order valence-electron chi connectivity index (χ1n) is 7.39. The zero-order valence-corrected chi connectivity index (χ0v) is 12.8. The Kier molecular flexibility index (Phi) is 4.20. The monoisotopic (exact) mass is 301 g/mol. The van der Waals surface area contributed by atoms with Gasteiger partial charge < -0.3 is 14.1 Å². The molecule has 6 heteroatoms. The van der Waals surface area contributed by atoms with Crippen LogP contribution in [-0.2, 0) is 16.1 Å². The van der Waals surface area contributed by atoms with Gasteiger partial charge in [-0.2, -0.15) is 0 Å². The summed E-state index contributed by atoms with van der Waals surface area (Å²) < 4.78 is 11.0. The van der Waals surface area contributed by atoms with Crippen LogP contribution < -0.4 is 0 Å². The van der Waals surface area contributed by atoms with Crippen LogP contribution in [0.15, 0.2) is 28.7 Å². The molecule has 1 aliphatic rings. The second kappa shape index (κ2) is 6.27. The molecule has 2 aromatic rings. The minimum Gasteiger partial charge on any atom is -0.419 e. The van der Waals surface area contributed by atoms with Crippen molar-refractivity contribution in [1.82, 2.24) is 15.1 Å². The molecule has 22 heavy (non-hydrogen) atoms. The molecule has 6 nitrogen and oxygen atoms in total. The van der Waals surface area contributed by atoms with E-state index in [2.05, 4.69) is 10.2 Å². The van der Waals surface area contributed by atoms with Crippen molar-refractivity contribution in [2.24, 2.45) is 0 Å². The standard InChI is InChI=1S/C16H19N3O3/c1-11-5-7-12(8-6-11)15-18-17-14(22-15)10-19(2)16(20)13-4-3-9-21-13/h5-8,13H,3-4,9-10H2,1-2H3/t13-/m1/s1. The number of aromatic nitrogens is 2. The summed E-state index contributed by atoms with van der Waals surface area (Å²) in [5.41, 5.74) is 2.04. The normalized spacial score (nSPS) is 17.6. The van der Waals surface area contributed by atoms with Crippen molar-refractivity contribution in [2.45, 2.75) is 32.4 Å². The van der Waals surface area contributed by atoms with E-state index in [1.54, 1.807) is 11.9 Å². The quantitative estimate of drug-likeness (QED) is 0.866. The van der Waals surface area contributed by atoms with Crippen LogP contribution >= 0.6 is 0 Å². The summed E-state index contributed by atoms with van der Waals surface area (Å²) in [5.74, 6) is 0.852. The predicted molar refractivity (Wildman–Crippen MR) is 79.9 cm³/mol. The van der Waals surface area contributed by atoms with Gasteiger partial charge in [-0.15, -0.1) is 10.2 Å². The Bertz CT molecular complexity index is 645. The number of carbonyl (C=O) groups excluding carboxylic acids is 1. The zero-order chi connectivity index (χ0) is 15.5. The first kappa shape index (κ1) is 14.7. The van der Waals surface area contributed by atoms with Crippen molar-refractivity contribution in [2.75, 3.05) is 13.7 Å². The van der Waals surface area contributed by atoms with Crippen molar-refractivity contribution in [3.63, 3.8) is 0 Å². The lowest BCUT2D eigenvalue weighted by molar-refractivity contribution is -0.140. The Morgan fingerprint density at radius 2 is 2.09 bits per heavy atom. The molecule has 1 aromatic heterocycles. The van der Waals surface area contributed by atoms with Gasteiger partial charge >= 0.3 is 0 Å². The van der Waals surface area contributed by atoms with Crippen LogP contribution in [0.2, 0.25) is 0 Å². The number of benzene rings is 1. The Morgan fingerprint density at radius 3 is 2.77 bits per heavy atom. The maximum Gasteiger partial charge on any atom is 0.251 e. The lowest BCUT2D eigenvalue weighted by atomic mass is 10.1. The van der Waals surface area contributed by atoms with E-state index in [4.69, 9.17) is 9.15 Å². The third-order valence-corrected chi connectivity index (χ3v) is 3.72. The van der Waals surface area contributed by atoms with Crippen LogP contribution in [0, 0.1) is 6.92 Å². The van der Waals surface area contributed by atoms with Gasteiger partial charge in [0, 0.05) is 19.2 Å². The second-order valence-electron chi connectivity index (χ2n) is 5.56. The van der Waals surface area contributed by atoms with Crippen molar-refractivity contribution in [3.05, 3.63) is 35.7 Å². The summed E-state index contributed by atoms with van der Waals surface area (Å²) in [7, 11) is 1.72. The molecule has 1 fully saturated rings. The van der Waals surface area contributed by atoms with Crippen molar-refractivity contribution in [3.8, 4) is 11.5 Å². The molecule has 0 unspecified atom stereocenters. The Balaban J connectivity index is 1.66. The van der Waals surface area contributed by atoms with Gasteiger partial charge in [0.05, 0.1) is 6.54 Å².